The minimum absolute atomic E-state index is 0.0902. The second kappa shape index (κ2) is 17.5. The summed E-state index contributed by atoms with van der Waals surface area (Å²) in [6, 6.07) is 29.3. The van der Waals surface area contributed by atoms with Gasteiger partial charge in [0.05, 0.1) is 0 Å². The van der Waals surface area contributed by atoms with Crippen LogP contribution in [0.5, 0.6) is 0 Å². The molecule has 268 valence electrons. The van der Waals surface area contributed by atoms with Gasteiger partial charge in [-0.2, -0.15) is 0 Å². The van der Waals surface area contributed by atoms with E-state index in [9.17, 15) is 23.2 Å². The number of benzene rings is 4. The molecule has 0 saturated heterocycles. The molecule has 4 aromatic carbocycles. The normalized spacial score (nSPS) is 12.7. The van der Waals surface area contributed by atoms with Crippen LogP contribution in [-0.4, -0.2) is 65.2 Å². The average molecular weight is 704 g/mol. The number of aromatic nitrogens is 1. The van der Waals surface area contributed by atoms with E-state index < -0.39 is 41.4 Å². The van der Waals surface area contributed by atoms with Crippen molar-refractivity contribution >= 4 is 17.7 Å². The topological polar surface area (TPSA) is 109 Å². The number of carbonyl (C=O) groups is 3. The lowest BCUT2D eigenvalue weighted by Gasteiger charge is -2.35. The molecular weight excluding hydrogens is 660 g/mol. The van der Waals surface area contributed by atoms with Crippen LogP contribution in [0.2, 0.25) is 0 Å². The van der Waals surface area contributed by atoms with Crippen LogP contribution in [0.3, 0.4) is 0 Å². The monoisotopic (exact) mass is 703 g/mol. The minimum Gasteiger partial charge on any atom is -0.354 e. The van der Waals surface area contributed by atoms with Crippen LogP contribution in [0.4, 0.5) is 8.78 Å². The Morgan fingerprint density at radius 2 is 1.37 bits per heavy atom. The largest absolute Gasteiger partial charge is 0.354 e. The molecule has 3 atom stereocenters. The van der Waals surface area contributed by atoms with E-state index in [0.717, 1.165) is 39.9 Å². The van der Waals surface area contributed by atoms with Crippen molar-refractivity contribution in [1.82, 2.24) is 20.1 Å². The fourth-order valence-electron chi connectivity index (χ4n) is 6.06. The molecule has 0 aliphatic carbocycles. The Morgan fingerprint density at radius 3 is 2.04 bits per heavy atom. The average Bonchev–Trinajstić information content (AvgIpc) is 3.17. The molecule has 52 heavy (non-hydrogen) atoms. The Hall–Kier alpha value is -5.74. The molecule has 1 unspecified atom stereocenters. The molecule has 0 spiro atoms. The van der Waals surface area contributed by atoms with Gasteiger partial charge in [0.1, 0.15) is 12.1 Å². The second-order valence-electron chi connectivity index (χ2n) is 12.9. The van der Waals surface area contributed by atoms with E-state index in [1.54, 1.807) is 37.6 Å². The summed E-state index contributed by atoms with van der Waals surface area (Å²) in [4.78, 5) is 49.2. The van der Waals surface area contributed by atoms with Crippen LogP contribution in [-0.2, 0) is 28.9 Å². The van der Waals surface area contributed by atoms with E-state index >= 15 is 0 Å². The Morgan fingerprint density at radius 1 is 0.712 bits per heavy atom. The summed E-state index contributed by atoms with van der Waals surface area (Å²) < 4.78 is 28.2. The number of rotatable bonds is 14. The fraction of sp³-hybridized carbons (Fsp3) is 0.238. The van der Waals surface area contributed by atoms with E-state index in [2.05, 4.69) is 10.3 Å². The Bertz CT molecular complexity index is 1970. The molecule has 0 aliphatic heterocycles. The highest BCUT2D eigenvalue weighted by atomic mass is 19.2. The Labute approximate surface area is 303 Å². The Balaban J connectivity index is 1.45. The van der Waals surface area contributed by atoms with Gasteiger partial charge in [-0.05, 0) is 83.1 Å². The van der Waals surface area contributed by atoms with Crippen LogP contribution in [0, 0.1) is 11.6 Å². The van der Waals surface area contributed by atoms with Crippen molar-refractivity contribution in [3.63, 3.8) is 0 Å². The van der Waals surface area contributed by atoms with E-state index in [1.165, 1.54) is 22.9 Å². The lowest BCUT2D eigenvalue weighted by atomic mass is 9.97. The van der Waals surface area contributed by atoms with E-state index in [4.69, 9.17) is 5.73 Å². The molecule has 0 radical (unpaired) electrons. The second-order valence-corrected chi connectivity index (χ2v) is 12.9. The number of carbonyl (C=O) groups excluding carboxylic acids is 3. The number of amides is 3. The lowest BCUT2D eigenvalue weighted by Crippen LogP contribution is -2.56. The highest BCUT2D eigenvalue weighted by molar-refractivity contribution is 5.98. The Kier molecular flexibility index (Phi) is 12.6. The summed E-state index contributed by atoms with van der Waals surface area (Å²) in [7, 11) is 3.06. The van der Waals surface area contributed by atoms with Gasteiger partial charge in [-0.1, -0.05) is 72.8 Å². The number of halogens is 2. The van der Waals surface area contributed by atoms with Crippen LogP contribution >= 0.6 is 0 Å². The van der Waals surface area contributed by atoms with Crippen LogP contribution in [0.15, 0.2) is 122 Å². The molecular formula is C42H43F2N5O3. The molecule has 10 heteroatoms. The quantitative estimate of drug-likeness (QED) is 0.144. The smallest absolute Gasteiger partial charge is 0.254 e. The van der Waals surface area contributed by atoms with Gasteiger partial charge in [-0.15, -0.1) is 0 Å². The first kappa shape index (κ1) is 37.5. The number of likely N-dealkylation sites (N-methyl/N-ethyl adjacent to an activating group) is 2. The minimum atomic E-state index is -1.11. The zero-order valence-corrected chi connectivity index (χ0v) is 29.5. The van der Waals surface area contributed by atoms with Crippen LogP contribution < -0.4 is 11.1 Å². The summed E-state index contributed by atoms with van der Waals surface area (Å²) in [5.41, 5.74) is 11.4. The third-order valence-corrected chi connectivity index (χ3v) is 9.22. The van der Waals surface area contributed by atoms with E-state index in [1.807, 2.05) is 79.7 Å². The van der Waals surface area contributed by atoms with Crippen molar-refractivity contribution in [3.05, 3.63) is 161 Å². The van der Waals surface area contributed by atoms with Crippen molar-refractivity contribution < 1.29 is 23.2 Å². The van der Waals surface area contributed by atoms with Crippen LogP contribution in [0.25, 0.3) is 11.1 Å². The highest BCUT2D eigenvalue weighted by Gasteiger charge is 2.35. The molecule has 1 aromatic heterocycles. The number of hydrogen-bond acceptors (Lipinski definition) is 5. The first-order valence-electron chi connectivity index (χ1n) is 17.2. The molecule has 3 amide bonds. The maximum atomic E-state index is 14.6. The zero-order valence-electron chi connectivity index (χ0n) is 29.5. The van der Waals surface area contributed by atoms with Gasteiger partial charge in [-0.3, -0.25) is 19.4 Å². The summed E-state index contributed by atoms with van der Waals surface area (Å²) in [5, 5.41) is 2.90. The molecule has 0 aliphatic rings. The molecule has 0 bridgehead atoms. The van der Waals surface area contributed by atoms with Crippen LogP contribution in [0.1, 0.15) is 45.6 Å². The molecule has 0 saturated carbocycles. The summed E-state index contributed by atoms with van der Waals surface area (Å²) >= 11 is 0. The van der Waals surface area contributed by atoms with Crippen molar-refractivity contribution in [2.45, 2.75) is 44.3 Å². The van der Waals surface area contributed by atoms with Gasteiger partial charge < -0.3 is 20.9 Å². The predicted molar refractivity (Wildman–Crippen MR) is 198 cm³/mol. The number of nitrogens with zero attached hydrogens (tertiary/aromatic N) is 3. The third kappa shape index (κ3) is 9.52. The first-order valence-corrected chi connectivity index (χ1v) is 17.2. The van der Waals surface area contributed by atoms with Crippen molar-refractivity contribution in [1.29, 1.82) is 0 Å². The van der Waals surface area contributed by atoms with Gasteiger partial charge in [0.2, 0.25) is 11.8 Å². The molecule has 0 fully saturated rings. The van der Waals surface area contributed by atoms with Gasteiger partial charge in [0.15, 0.2) is 11.6 Å². The summed E-state index contributed by atoms with van der Waals surface area (Å²) in [6.07, 6.45) is 3.90. The maximum Gasteiger partial charge on any atom is 0.254 e. The van der Waals surface area contributed by atoms with Gasteiger partial charge in [0.25, 0.3) is 5.91 Å². The summed E-state index contributed by atoms with van der Waals surface area (Å²) in [5.74, 6) is -3.44. The van der Waals surface area contributed by atoms with Crippen molar-refractivity contribution in [2.24, 2.45) is 5.73 Å². The standard InChI is InChI=1S/C42H43F2N5O3/c1-28(45)34-10-7-11-35(27-34)41(51)49(3)39(25-30-12-15-33(16-13-30)32-8-5-4-6-9-32)42(52)48(2)38(26-31-14-17-36(43)37(44)24-31)40(50)47-23-20-29-18-21-46-22-19-29/h4-19,21-22,24,27-28,38-39H,20,23,25-26,45H2,1-3H3,(H,47,50)/t28?,38-,39-/m1/s1. The first-order chi connectivity index (χ1) is 25.0. The van der Waals surface area contributed by atoms with Gasteiger partial charge >= 0.3 is 0 Å². The highest BCUT2D eigenvalue weighted by Crippen LogP contribution is 2.23. The zero-order chi connectivity index (χ0) is 37.2. The molecule has 3 N–H and O–H groups in total. The third-order valence-electron chi connectivity index (χ3n) is 9.22. The van der Waals surface area contributed by atoms with E-state index in [-0.39, 0.29) is 25.4 Å². The number of nitrogens with two attached hydrogens (primary N) is 1. The van der Waals surface area contributed by atoms with Crippen molar-refractivity contribution in [3.8, 4) is 11.1 Å². The van der Waals surface area contributed by atoms with Gasteiger partial charge in [0, 0.05) is 57.5 Å². The molecule has 5 rings (SSSR count). The van der Waals surface area contributed by atoms with Crippen molar-refractivity contribution in [2.75, 3.05) is 20.6 Å². The molecule has 1 heterocycles. The number of pyridine rings is 1. The fourth-order valence-corrected chi connectivity index (χ4v) is 6.06. The molecule has 5 aromatic rings. The lowest BCUT2D eigenvalue weighted by molar-refractivity contribution is -0.142. The SMILES string of the molecule is CC(N)c1cccc(C(=O)N(C)[C@H](Cc2ccc(-c3ccccc3)cc2)C(=O)N(C)[C@H](Cc2ccc(F)c(F)c2)C(=O)NCCc2ccncc2)c1. The van der Waals surface area contributed by atoms with E-state index in [0.29, 0.717) is 17.5 Å². The number of hydrogen-bond donors (Lipinski definition) is 2. The maximum absolute atomic E-state index is 14.6. The molecule has 8 nitrogen and oxygen atoms in total. The number of nitrogens with one attached hydrogen (secondary N) is 1. The predicted octanol–water partition coefficient (Wildman–Crippen LogP) is 6.16. The summed E-state index contributed by atoms with van der Waals surface area (Å²) in [6.45, 7) is 2.09. The van der Waals surface area contributed by atoms with Gasteiger partial charge in [-0.25, -0.2) is 8.78 Å².